The fraction of sp³-hybridized carbons (Fsp3) is 0.250. The van der Waals surface area contributed by atoms with Crippen LogP contribution in [0.3, 0.4) is 0 Å². The molecule has 0 spiro atoms. The van der Waals surface area contributed by atoms with Crippen molar-refractivity contribution in [1.82, 2.24) is 15.2 Å². The third-order valence-electron chi connectivity index (χ3n) is 1.76. The molecule has 1 N–H and O–H groups in total. The summed E-state index contributed by atoms with van der Waals surface area (Å²) in [6.07, 6.45) is 4.69. The lowest BCUT2D eigenvalue weighted by molar-refractivity contribution is 1.08. The van der Waals surface area contributed by atoms with E-state index in [1.54, 1.807) is 6.20 Å². The molecule has 3 nitrogen and oxygen atoms in total. The van der Waals surface area contributed by atoms with Crippen molar-refractivity contribution in [2.45, 2.75) is 13.3 Å². The first-order valence-corrected chi connectivity index (χ1v) is 3.68. The van der Waals surface area contributed by atoms with Crippen LogP contribution >= 0.6 is 0 Å². The third kappa shape index (κ3) is 0.981. The lowest BCUT2D eigenvalue weighted by atomic mass is 10.2. The van der Waals surface area contributed by atoms with Gasteiger partial charge < -0.3 is 0 Å². The van der Waals surface area contributed by atoms with Crippen molar-refractivity contribution in [3.8, 4) is 0 Å². The first-order valence-electron chi connectivity index (χ1n) is 3.68. The number of aromatic nitrogens is 3. The molecular weight excluding hydrogens is 138 g/mol. The van der Waals surface area contributed by atoms with Crippen molar-refractivity contribution in [3.05, 3.63) is 24.0 Å². The van der Waals surface area contributed by atoms with Crippen molar-refractivity contribution in [2.24, 2.45) is 0 Å². The summed E-state index contributed by atoms with van der Waals surface area (Å²) in [6, 6.07) is 2.10. The van der Waals surface area contributed by atoms with E-state index >= 15 is 0 Å². The van der Waals surface area contributed by atoms with Crippen molar-refractivity contribution < 1.29 is 0 Å². The van der Waals surface area contributed by atoms with Gasteiger partial charge in [0.15, 0.2) is 5.65 Å². The minimum atomic E-state index is 0.863. The van der Waals surface area contributed by atoms with Crippen LogP contribution in [0.25, 0.3) is 11.0 Å². The zero-order chi connectivity index (χ0) is 7.68. The Morgan fingerprint density at radius 3 is 3.18 bits per heavy atom. The highest BCUT2D eigenvalue weighted by Gasteiger charge is 1.96. The Hall–Kier alpha value is -1.38. The number of H-pyrrole nitrogens is 1. The average molecular weight is 147 g/mol. The molecule has 2 aromatic rings. The predicted octanol–water partition coefficient (Wildman–Crippen LogP) is 1.52. The summed E-state index contributed by atoms with van der Waals surface area (Å²) in [6.45, 7) is 2.11. The predicted molar refractivity (Wildman–Crippen MR) is 43.3 cm³/mol. The molecule has 3 heteroatoms. The standard InChI is InChI=1S/C8H9N3/c1-2-6-3-7-5-10-11-8(7)9-4-6/h3-5H,2H2,1H3,(H,9,10,11). The molecule has 0 atom stereocenters. The Labute approximate surface area is 64.5 Å². The van der Waals surface area contributed by atoms with Crippen LogP contribution < -0.4 is 0 Å². The van der Waals surface area contributed by atoms with Gasteiger partial charge in [-0.2, -0.15) is 5.10 Å². The van der Waals surface area contributed by atoms with Crippen LogP contribution in [0.15, 0.2) is 18.5 Å². The fourth-order valence-electron chi connectivity index (χ4n) is 1.08. The maximum Gasteiger partial charge on any atom is 0.155 e. The van der Waals surface area contributed by atoms with Gasteiger partial charge in [-0.15, -0.1) is 0 Å². The number of nitrogens with zero attached hydrogens (tertiary/aromatic N) is 2. The molecule has 2 rings (SSSR count). The molecule has 11 heavy (non-hydrogen) atoms. The van der Waals surface area contributed by atoms with Gasteiger partial charge >= 0.3 is 0 Å². The summed E-state index contributed by atoms with van der Waals surface area (Å²) in [4.78, 5) is 4.19. The van der Waals surface area contributed by atoms with Crippen LogP contribution in [0, 0.1) is 0 Å². The van der Waals surface area contributed by atoms with Crippen LogP contribution in [0.4, 0.5) is 0 Å². The zero-order valence-corrected chi connectivity index (χ0v) is 6.33. The van der Waals surface area contributed by atoms with E-state index in [0.29, 0.717) is 0 Å². The molecular formula is C8H9N3. The van der Waals surface area contributed by atoms with Crippen LogP contribution in [0.1, 0.15) is 12.5 Å². The van der Waals surface area contributed by atoms with Gasteiger partial charge in [0.2, 0.25) is 0 Å². The summed E-state index contributed by atoms with van der Waals surface area (Å²) >= 11 is 0. The molecule has 0 fully saturated rings. The second-order valence-corrected chi connectivity index (χ2v) is 2.50. The molecule has 0 aliphatic carbocycles. The molecule has 0 aromatic carbocycles. The van der Waals surface area contributed by atoms with Crippen LogP contribution in [-0.2, 0) is 6.42 Å². The molecule has 2 aromatic heterocycles. The topological polar surface area (TPSA) is 41.6 Å². The number of hydrogen-bond donors (Lipinski definition) is 1. The third-order valence-corrected chi connectivity index (χ3v) is 1.76. The summed E-state index contributed by atoms with van der Waals surface area (Å²) in [5.74, 6) is 0. The maximum atomic E-state index is 4.19. The van der Waals surface area contributed by atoms with E-state index in [2.05, 4.69) is 28.2 Å². The monoisotopic (exact) mass is 147 g/mol. The molecule has 2 heterocycles. The summed E-state index contributed by atoms with van der Waals surface area (Å²) < 4.78 is 0. The summed E-state index contributed by atoms with van der Waals surface area (Å²) in [7, 11) is 0. The van der Waals surface area contributed by atoms with E-state index in [4.69, 9.17) is 0 Å². The SMILES string of the molecule is CCc1cnc2[nH]ncc2c1. The van der Waals surface area contributed by atoms with Crippen molar-refractivity contribution in [3.63, 3.8) is 0 Å². The highest BCUT2D eigenvalue weighted by Crippen LogP contribution is 2.09. The second kappa shape index (κ2) is 2.34. The van der Waals surface area contributed by atoms with Crippen molar-refractivity contribution in [2.75, 3.05) is 0 Å². The van der Waals surface area contributed by atoms with E-state index in [9.17, 15) is 0 Å². The van der Waals surface area contributed by atoms with Gasteiger partial charge in [-0.1, -0.05) is 6.92 Å². The van der Waals surface area contributed by atoms with Crippen LogP contribution in [-0.4, -0.2) is 15.2 Å². The largest absolute Gasteiger partial charge is 0.261 e. The zero-order valence-electron chi connectivity index (χ0n) is 6.33. The van der Waals surface area contributed by atoms with E-state index in [0.717, 1.165) is 17.5 Å². The van der Waals surface area contributed by atoms with Gasteiger partial charge in [-0.05, 0) is 18.1 Å². The Balaban J connectivity index is 2.67. The quantitative estimate of drug-likeness (QED) is 0.664. The number of hydrogen-bond acceptors (Lipinski definition) is 2. The first kappa shape index (κ1) is 6.34. The van der Waals surface area contributed by atoms with Crippen LogP contribution in [0.2, 0.25) is 0 Å². The van der Waals surface area contributed by atoms with Gasteiger partial charge in [0, 0.05) is 11.6 Å². The number of fused-ring (bicyclic) bond motifs is 1. The van der Waals surface area contributed by atoms with Gasteiger partial charge in [-0.3, -0.25) is 5.10 Å². The average Bonchev–Trinajstić information content (AvgIpc) is 2.50. The minimum Gasteiger partial charge on any atom is -0.261 e. The highest BCUT2D eigenvalue weighted by atomic mass is 15.1. The Morgan fingerprint density at radius 1 is 1.45 bits per heavy atom. The Kier molecular flexibility index (Phi) is 1.35. The fourth-order valence-corrected chi connectivity index (χ4v) is 1.08. The summed E-state index contributed by atoms with van der Waals surface area (Å²) in [5.41, 5.74) is 2.11. The minimum absolute atomic E-state index is 0.863. The lowest BCUT2D eigenvalue weighted by Gasteiger charge is -1.93. The molecule has 0 unspecified atom stereocenters. The normalized spacial score (nSPS) is 10.6. The number of aryl methyl sites for hydroxylation is 1. The van der Waals surface area contributed by atoms with E-state index in [1.807, 2.05) is 6.20 Å². The molecule has 0 aliphatic rings. The van der Waals surface area contributed by atoms with Gasteiger partial charge in [0.25, 0.3) is 0 Å². The molecule has 0 amide bonds. The number of nitrogens with one attached hydrogen (secondary N) is 1. The number of aromatic amines is 1. The molecule has 56 valence electrons. The lowest BCUT2D eigenvalue weighted by Crippen LogP contribution is -1.82. The highest BCUT2D eigenvalue weighted by molar-refractivity contribution is 5.73. The van der Waals surface area contributed by atoms with Crippen molar-refractivity contribution in [1.29, 1.82) is 0 Å². The Bertz CT molecular complexity index is 364. The molecule has 0 radical (unpaired) electrons. The van der Waals surface area contributed by atoms with E-state index < -0.39 is 0 Å². The van der Waals surface area contributed by atoms with Gasteiger partial charge in [-0.25, -0.2) is 4.98 Å². The number of pyridine rings is 1. The van der Waals surface area contributed by atoms with Gasteiger partial charge in [0.1, 0.15) is 0 Å². The van der Waals surface area contributed by atoms with Crippen LogP contribution in [0.5, 0.6) is 0 Å². The number of rotatable bonds is 1. The maximum absolute atomic E-state index is 4.19. The summed E-state index contributed by atoms with van der Waals surface area (Å²) in [5, 5.41) is 7.79. The van der Waals surface area contributed by atoms with E-state index in [-0.39, 0.29) is 0 Å². The molecule has 0 saturated carbocycles. The van der Waals surface area contributed by atoms with Gasteiger partial charge in [0.05, 0.1) is 6.20 Å². The molecule has 0 aliphatic heterocycles. The molecule has 0 bridgehead atoms. The smallest absolute Gasteiger partial charge is 0.155 e. The Morgan fingerprint density at radius 2 is 2.36 bits per heavy atom. The second-order valence-electron chi connectivity index (χ2n) is 2.50. The van der Waals surface area contributed by atoms with E-state index in [1.165, 1.54) is 5.56 Å². The first-order chi connectivity index (χ1) is 5.40. The van der Waals surface area contributed by atoms with Crippen molar-refractivity contribution >= 4 is 11.0 Å². The molecule has 0 saturated heterocycles.